The summed E-state index contributed by atoms with van der Waals surface area (Å²) < 4.78 is 10.5. The lowest BCUT2D eigenvalue weighted by Crippen LogP contribution is -2.37. The van der Waals surface area contributed by atoms with Crippen LogP contribution in [0.2, 0.25) is 0 Å². The number of ether oxygens (including phenoxy) is 2. The van der Waals surface area contributed by atoms with Crippen molar-refractivity contribution in [3.05, 3.63) is 24.3 Å². The Balaban J connectivity index is 2.17. The summed E-state index contributed by atoms with van der Waals surface area (Å²) in [4.78, 5) is 23.1. The SMILES string of the molecule is CCC(C)NC(=O)CC(=O)NCCOc1ccc(OC)cc1. The lowest BCUT2D eigenvalue weighted by atomic mass is 10.2. The van der Waals surface area contributed by atoms with Gasteiger partial charge in [-0.25, -0.2) is 0 Å². The second-order valence-electron chi connectivity index (χ2n) is 4.93. The highest BCUT2D eigenvalue weighted by Crippen LogP contribution is 2.16. The predicted molar refractivity (Wildman–Crippen MR) is 84.0 cm³/mol. The van der Waals surface area contributed by atoms with Gasteiger partial charge in [-0.15, -0.1) is 0 Å². The molecule has 0 saturated heterocycles. The monoisotopic (exact) mass is 308 g/mol. The molecule has 0 radical (unpaired) electrons. The van der Waals surface area contributed by atoms with Gasteiger partial charge in [-0.2, -0.15) is 0 Å². The highest BCUT2D eigenvalue weighted by molar-refractivity contribution is 5.96. The number of hydrogen-bond acceptors (Lipinski definition) is 4. The van der Waals surface area contributed by atoms with Crippen molar-refractivity contribution in [1.82, 2.24) is 10.6 Å². The van der Waals surface area contributed by atoms with E-state index in [-0.39, 0.29) is 24.3 Å². The molecule has 0 aromatic heterocycles. The van der Waals surface area contributed by atoms with Gasteiger partial charge in [0.25, 0.3) is 0 Å². The molecule has 0 aliphatic heterocycles. The topological polar surface area (TPSA) is 76.7 Å². The number of amides is 2. The van der Waals surface area contributed by atoms with Gasteiger partial charge in [-0.3, -0.25) is 9.59 Å². The summed E-state index contributed by atoms with van der Waals surface area (Å²) in [5.74, 6) is 0.889. The number of benzene rings is 1. The van der Waals surface area contributed by atoms with E-state index >= 15 is 0 Å². The van der Waals surface area contributed by atoms with Crippen LogP contribution in [0, 0.1) is 0 Å². The third-order valence-electron chi connectivity index (χ3n) is 3.09. The summed E-state index contributed by atoms with van der Waals surface area (Å²) in [7, 11) is 1.60. The van der Waals surface area contributed by atoms with Crippen LogP contribution < -0.4 is 20.1 Å². The molecule has 0 bridgehead atoms. The van der Waals surface area contributed by atoms with E-state index in [2.05, 4.69) is 10.6 Å². The molecule has 22 heavy (non-hydrogen) atoms. The van der Waals surface area contributed by atoms with E-state index in [1.807, 2.05) is 13.8 Å². The second kappa shape index (κ2) is 9.65. The van der Waals surface area contributed by atoms with Crippen LogP contribution in [0.4, 0.5) is 0 Å². The van der Waals surface area contributed by atoms with E-state index in [1.165, 1.54) is 0 Å². The molecule has 1 aromatic rings. The van der Waals surface area contributed by atoms with Crippen LogP contribution >= 0.6 is 0 Å². The maximum atomic E-state index is 11.6. The molecule has 0 aliphatic carbocycles. The molecule has 122 valence electrons. The molecule has 6 heteroatoms. The number of rotatable bonds is 9. The van der Waals surface area contributed by atoms with Crippen molar-refractivity contribution in [2.45, 2.75) is 32.7 Å². The number of methoxy groups -OCH3 is 1. The number of carbonyl (C=O) groups excluding carboxylic acids is 2. The molecule has 1 aromatic carbocycles. The summed E-state index contributed by atoms with van der Waals surface area (Å²) in [5, 5.41) is 5.39. The maximum absolute atomic E-state index is 11.6. The first-order chi connectivity index (χ1) is 10.5. The van der Waals surface area contributed by atoms with Crippen LogP contribution in [0.3, 0.4) is 0 Å². The van der Waals surface area contributed by atoms with E-state index in [0.717, 1.165) is 12.2 Å². The summed E-state index contributed by atoms with van der Waals surface area (Å²) in [6.07, 6.45) is 0.677. The van der Waals surface area contributed by atoms with Crippen molar-refractivity contribution in [3.63, 3.8) is 0 Å². The first kappa shape index (κ1) is 17.8. The molecule has 0 saturated carbocycles. The molecule has 2 amide bonds. The largest absolute Gasteiger partial charge is 0.497 e. The van der Waals surface area contributed by atoms with Crippen LogP contribution in [0.5, 0.6) is 11.5 Å². The fourth-order valence-electron chi connectivity index (χ4n) is 1.67. The zero-order valence-corrected chi connectivity index (χ0v) is 13.3. The van der Waals surface area contributed by atoms with Gasteiger partial charge in [-0.1, -0.05) is 6.92 Å². The fraction of sp³-hybridized carbons (Fsp3) is 0.500. The molecule has 6 nitrogen and oxygen atoms in total. The van der Waals surface area contributed by atoms with E-state index in [1.54, 1.807) is 31.4 Å². The average Bonchev–Trinajstić information content (AvgIpc) is 2.51. The number of hydrogen-bond donors (Lipinski definition) is 2. The standard InChI is InChI=1S/C16H24N2O4/c1-4-12(2)18-16(20)11-15(19)17-9-10-22-14-7-5-13(21-3)6-8-14/h5-8,12H,4,9-11H2,1-3H3,(H,17,19)(H,18,20). The van der Waals surface area contributed by atoms with E-state index < -0.39 is 0 Å². The van der Waals surface area contributed by atoms with Crippen LogP contribution in [0.1, 0.15) is 26.7 Å². The van der Waals surface area contributed by atoms with Crippen LogP contribution in [0.15, 0.2) is 24.3 Å². The first-order valence-corrected chi connectivity index (χ1v) is 7.38. The average molecular weight is 308 g/mol. The minimum Gasteiger partial charge on any atom is -0.497 e. The third kappa shape index (κ3) is 6.97. The summed E-state index contributed by atoms with van der Waals surface area (Å²) >= 11 is 0. The van der Waals surface area contributed by atoms with Crippen LogP contribution in [0.25, 0.3) is 0 Å². The third-order valence-corrected chi connectivity index (χ3v) is 3.09. The molecule has 0 fully saturated rings. The van der Waals surface area contributed by atoms with Gasteiger partial charge in [0.05, 0.1) is 13.7 Å². The van der Waals surface area contributed by atoms with Crippen LogP contribution in [-0.2, 0) is 9.59 Å². The Hall–Kier alpha value is -2.24. The molecular formula is C16H24N2O4. The Morgan fingerprint density at radius 3 is 2.36 bits per heavy atom. The molecule has 1 unspecified atom stereocenters. The smallest absolute Gasteiger partial charge is 0.229 e. The maximum Gasteiger partial charge on any atom is 0.229 e. The van der Waals surface area contributed by atoms with E-state index in [4.69, 9.17) is 9.47 Å². The van der Waals surface area contributed by atoms with Gasteiger partial charge in [0.2, 0.25) is 11.8 Å². The van der Waals surface area contributed by atoms with E-state index in [9.17, 15) is 9.59 Å². The Morgan fingerprint density at radius 1 is 1.14 bits per heavy atom. The zero-order valence-electron chi connectivity index (χ0n) is 13.3. The summed E-state index contributed by atoms with van der Waals surface area (Å²) in [5.41, 5.74) is 0. The number of carbonyl (C=O) groups is 2. The Bertz CT molecular complexity index is 474. The second-order valence-corrected chi connectivity index (χ2v) is 4.93. The van der Waals surface area contributed by atoms with Gasteiger partial charge in [0.15, 0.2) is 0 Å². The van der Waals surface area contributed by atoms with Gasteiger partial charge in [-0.05, 0) is 37.6 Å². The van der Waals surface area contributed by atoms with Gasteiger partial charge >= 0.3 is 0 Å². The molecule has 0 spiro atoms. The highest BCUT2D eigenvalue weighted by Gasteiger charge is 2.10. The Labute approximate surface area is 131 Å². The van der Waals surface area contributed by atoms with Crippen molar-refractivity contribution in [2.24, 2.45) is 0 Å². The Kier molecular flexibility index (Phi) is 7.81. The molecular weight excluding hydrogens is 284 g/mol. The van der Waals surface area contributed by atoms with Crippen molar-refractivity contribution in [2.75, 3.05) is 20.3 Å². The van der Waals surface area contributed by atoms with Crippen molar-refractivity contribution < 1.29 is 19.1 Å². The minimum absolute atomic E-state index is 0.0821. The lowest BCUT2D eigenvalue weighted by molar-refractivity contribution is -0.129. The molecule has 1 rings (SSSR count). The van der Waals surface area contributed by atoms with Crippen molar-refractivity contribution in [3.8, 4) is 11.5 Å². The normalized spacial score (nSPS) is 11.4. The summed E-state index contributed by atoms with van der Waals surface area (Å²) in [6, 6.07) is 7.26. The lowest BCUT2D eigenvalue weighted by Gasteiger charge is -2.11. The summed E-state index contributed by atoms with van der Waals surface area (Å²) in [6.45, 7) is 4.56. The van der Waals surface area contributed by atoms with Gasteiger partial charge in [0.1, 0.15) is 24.5 Å². The molecule has 1 atom stereocenters. The van der Waals surface area contributed by atoms with Crippen LogP contribution in [-0.4, -0.2) is 38.1 Å². The molecule has 0 aliphatic rings. The zero-order chi connectivity index (χ0) is 16.4. The van der Waals surface area contributed by atoms with E-state index in [0.29, 0.717) is 18.9 Å². The van der Waals surface area contributed by atoms with Crippen molar-refractivity contribution >= 4 is 11.8 Å². The highest BCUT2D eigenvalue weighted by atomic mass is 16.5. The number of nitrogens with one attached hydrogen (secondary N) is 2. The van der Waals surface area contributed by atoms with Gasteiger partial charge in [0, 0.05) is 6.04 Å². The molecule has 0 heterocycles. The minimum atomic E-state index is -0.306. The Morgan fingerprint density at radius 2 is 1.77 bits per heavy atom. The molecule has 2 N–H and O–H groups in total. The van der Waals surface area contributed by atoms with Crippen molar-refractivity contribution in [1.29, 1.82) is 0 Å². The van der Waals surface area contributed by atoms with Gasteiger partial charge < -0.3 is 20.1 Å². The fourth-order valence-corrected chi connectivity index (χ4v) is 1.67. The predicted octanol–water partition coefficient (Wildman–Crippen LogP) is 1.49. The quantitative estimate of drug-likeness (QED) is 0.535. The first-order valence-electron chi connectivity index (χ1n) is 7.38.